The molecule has 78 valence electrons. The minimum absolute atomic E-state index is 0.0417. The van der Waals surface area contributed by atoms with Crippen LogP contribution in [0.1, 0.15) is 23.0 Å². The van der Waals surface area contributed by atoms with E-state index in [-0.39, 0.29) is 22.2 Å². The predicted molar refractivity (Wildman–Crippen MR) is 53.0 cm³/mol. The summed E-state index contributed by atoms with van der Waals surface area (Å²) >= 11 is 0. The lowest BCUT2D eigenvalue weighted by molar-refractivity contribution is 0.101. The van der Waals surface area contributed by atoms with E-state index >= 15 is 0 Å². The maximum absolute atomic E-state index is 13.5. The summed E-state index contributed by atoms with van der Waals surface area (Å²) in [5, 5.41) is 0.0417. The monoisotopic (exact) mass is 209 g/mol. The SMILES string of the molecule is CC(=O)c1c(C)[nH]c2c(F)ccc(F)c12. The lowest BCUT2D eigenvalue weighted by Crippen LogP contribution is -1.94. The van der Waals surface area contributed by atoms with Crippen molar-refractivity contribution in [1.29, 1.82) is 0 Å². The van der Waals surface area contributed by atoms with Crippen LogP contribution in [0.25, 0.3) is 10.9 Å². The van der Waals surface area contributed by atoms with Crippen molar-refractivity contribution in [3.63, 3.8) is 0 Å². The number of aromatic nitrogens is 1. The lowest BCUT2D eigenvalue weighted by atomic mass is 10.1. The zero-order valence-electron chi connectivity index (χ0n) is 8.32. The van der Waals surface area contributed by atoms with Crippen LogP contribution in [-0.4, -0.2) is 10.8 Å². The molecule has 0 aliphatic rings. The molecule has 0 saturated carbocycles. The third kappa shape index (κ3) is 1.33. The molecule has 1 N–H and O–H groups in total. The van der Waals surface area contributed by atoms with Crippen LogP contribution in [0.4, 0.5) is 8.78 Å². The Kier molecular flexibility index (Phi) is 2.07. The predicted octanol–water partition coefficient (Wildman–Crippen LogP) is 2.96. The van der Waals surface area contributed by atoms with Gasteiger partial charge in [0, 0.05) is 16.6 Å². The lowest BCUT2D eigenvalue weighted by Gasteiger charge is -1.97. The normalized spacial score (nSPS) is 10.9. The number of aryl methyl sites for hydroxylation is 1. The second-order valence-electron chi connectivity index (χ2n) is 3.46. The molecule has 0 aliphatic heterocycles. The van der Waals surface area contributed by atoms with Gasteiger partial charge >= 0.3 is 0 Å². The number of fused-ring (bicyclic) bond motifs is 1. The summed E-state index contributed by atoms with van der Waals surface area (Å²) in [5.41, 5.74) is 0.765. The molecule has 2 nitrogen and oxygen atoms in total. The van der Waals surface area contributed by atoms with Crippen LogP contribution in [0.15, 0.2) is 12.1 Å². The molecule has 2 aromatic rings. The van der Waals surface area contributed by atoms with E-state index in [9.17, 15) is 13.6 Å². The van der Waals surface area contributed by atoms with Crippen molar-refractivity contribution in [2.24, 2.45) is 0 Å². The van der Waals surface area contributed by atoms with Gasteiger partial charge in [-0.15, -0.1) is 0 Å². The summed E-state index contributed by atoms with van der Waals surface area (Å²) in [5.74, 6) is -1.41. The molecule has 1 heterocycles. The highest BCUT2D eigenvalue weighted by Gasteiger charge is 2.18. The number of rotatable bonds is 1. The summed E-state index contributed by atoms with van der Waals surface area (Å²) < 4.78 is 26.8. The number of nitrogens with one attached hydrogen (secondary N) is 1. The van der Waals surface area contributed by atoms with Crippen LogP contribution in [0.2, 0.25) is 0 Å². The van der Waals surface area contributed by atoms with Crippen LogP contribution in [-0.2, 0) is 0 Å². The minimum Gasteiger partial charge on any atom is -0.356 e. The highest BCUT2D eigenvalue weighted by molar-refractivity contribution is 6.08. The molecule has 0 spiro atoms. The van der Waals surface area contributed by atoms with Gasteiger partial charge < -0.3 is 4.98 Å². The minimum atomic E-state index is -0.582. The largest absolute Gasteiger partial charge is 0.356 e. The van der Waals surface area contributed by atoms with Gasteiger partial charge in [0.1, 0.15) is 11.6 Å². The number of aromatic amines is 1. The first kappa shape index (κ1) is 9.83. The number of carbonyl (C=O) groups is 1. The Morgan fingerprint density at radius 1 is 1.27 bits per heavy atom. The number of carbonyl (C=O) groups excluding carboxylic acids is 1. The molecule has 4 heteroatoms. The van der Waals surface area contributed by atoms with E-state index in [4.69, 9.17) is 0 Å². The van der Waals surface area contributed by atoms with Crippen molar-refractivity contribution in [3.05, 3.63) is 35.0 Å². The molecule has 2 rings (SSSR count). The Bertz CT molecular complexity index is 557. The number of ketones is 1. The van der Waals surface area contributed by atoms with E-state index in [2.05, 4.69) is 4.98 Å². The van der Waals surface area contributed by atoms with Crippen LogP contribution < -0.4 is 0 Å². The zero-order valence-corrected chi connectivity index (χ0v) is 8.32. The van der Waals surface area contributed by atoms with Gasteiger partial charge in [-0.25, -0.2) is 8.78 Å². The molecule has 1 aromatic carbocycles. The maximum Gasteiger partial charge on any atom is 0.162 e. The van der Waals surface area contributed by atoms with Crippen molar-refractivity contribution in [1.82, 2.24) is 4.98 Å². The molecule has 0 saturated heterocycles. The smallest absolute Gasteiger partial charge is 0.162 e. The fraction of sp³-hybridized carbons (Fsp3) is 0.182. The molecule has 0 fully saturated rings. The third-order valence-electron chi connectivity index (χ3n) is 2.39. The summed E-state index contributed by atoms with van der Waals surface area (Å²) in [4.78, 5) is 14.0. The topological polar surface area (TPSA) is 32.9 Å². The van der Waals surface area contributed by atoms with Gasteiger partial charge in [0.25, 0.3) is 0 Å². The Hall–Kier alpha value is -1.71. The van der Waals surface area contributed by atoms with Gasteiger partial charge in [-0.1, -0.05) is 0 Å². The van der Waals surface area contributed by atoms with E-state index in [1.165, 1.54) is 6.92 Å². The quantitative estimate of drug-likeness (QED) is 0.719. The Balaban J connectivity index is 2.98. The van der Waals surface area contributed by atoms with Crippen LogP contribution in [0.3, 0.4) is 0 Å². The Morgan fingerprint density at radius 2 is 1.87 bits per heavy atom. The first-order valence-electron chi connectivity index (χ1n) is 4.49. The van der Waals surface area contributed by atoms with E-state index in [0.29, 0.717) is 5.69 Å². The molecule has 0 aliphatic carbocycles. The highest BCUT2D eigenvalue weighted by Crippen LogP contribution is 2.27. The summed E-state index contributed by atoms with van der Waals surface area (Å²) in [6, 6.07) is 2.06. The standard InChI is InChI=1S/C11H9F2NO/c1-5-9(6(2)15)10-7(12)3-4-8(13)11(10)14-5/h3-4,14H,1-2H3. The molecular weight excluding hydrogens is 200 g/mol. The first-order chi connectivity index (χ1) is 7.02. The average molecular weight is 209 g/mol. The molecular formula is C11H9F2NO. The van der Waals surface area contributed by atoms with Gasteiger partial charge in [0.15, 0.2) is 5.78 Å². The van der Waals surface area contributed by atoms with E-state index < -0.39 is 11.6 Å². The molecule has 0 amide bonds. The molecule has 0 unspecified atom stereocenters. The van der Waals surface area contributed by atoms with Crippen molar-refractivity contribution >= 4 is 16.7 Å². The number of Topliss-reactive ketones (excluding diaryl/α,β-unsaturated/α-hetero) is 1. The Labute approximate surface area is 84.9 Å². The number of halogens is 2. The zero-order chi connectivity index (χ0) is 11.2. The second-order valence-corrected chi connectivity index (χ2v) is 3.46. The van der Waals surface area contributed by atoms with Gasteiger partial charge in [0.2, 0.25) is 0 Å². The van der Waals surface area contributed by atoms with Crippen molar-refractivity contribution in [2.45, 2.75) is 13.8 Å². The third-order valence-corrected chi connectivity index (χ3v) is 2.39. The van der Waals surface area contributed by atoms with Crippen LogP contribution >= 0.6 is 0 Å². The van der Waals surface area contributed by atoms with Crippen LogP contribution in [0.5, 0.6) is 0 Å². The summed E-state index contributed by atoms with van der Waals surface area (Å²) in [6.45, 7) is 2.95. The van der Waals surface area contributed by atoms with Crippen molar-refractivity contribution < 1.29 is 13.6 Å². The van der Waals surface area contributed by atoms with Gasteiger partial charge in [-0.3, -0.25) is 4.79 Å². The number of hydrogen-bond donors (Lipinski definition) is 1. The average Bonchev–Trinajstić information content (AvgIpc) is 2.50. The molecule has 0 bridgehead atoms. The van der Waals surface area contributed by atoms with Gasteiger partial charge in [0.05, 0.1) is 5.52 Å². The highest BCUT2D eigenvalue weighted by atomic mass is 19.1. The molecule has 1 aromatic heterocycles. The van der Waals surface area contributed by atoms with Gasteiger partial charge in [-0.2, -0.15) is 0 Å². The number of H-pyrrole nitrogens is 1. The van der Waals surface area contributed by atoms with Crippen LogP contribution in [0, 0.1) is 18.6 Å². The van der Waals surface area contributed by atoms with E-state index in [0.717, 1.165) is 12.1 Å². The van der Waals surface area contributed by atoms with Crippen molar-refractivity contribution in [2.75, 3.05) is 0 Å². The molecule has 0 radical (unpaired) electrons. The van der Waals surface area contributed by atoms with Gasteiger partial charge in [-0.05, 0) is 26.0 Å². The molecule has 0 atom stereocenters. The van der Waals surface area contributed by atoms with E-state index in [1.807, 2.05) is 0 Å². The van der Waals surface area contributed by atoms with Crippen molar-refractivity contribution in [3.8, 4) is 0 Å². The fourth-order valence-electron chi connectivity index (χ4n) is 1.80. The Morgan fingerprint density at radius 3 is 2.47 bits per heavy atom. The van der Waals surface area contributed by atoms with E-state index in [1.54, 1.807) is 6.92 Å². The number of benzene rings is 1. The first-order valence-corrected chi connectivity index (χ1v) is 4.49. The molecule has 15 heavy (non-hydrogen) atoms. The summed E-state index contributed by atoms with van der Waals surface area (Å²) in [6.07, 6.45) is 0. The second kappa shape index (κ2) is 3.15. The maximum atomic E-state index is 13.5. The number of hydrogen-bond acceptors (Lipinski definition) is 1. The summed E-state index contributed by atoms with van der Waals surface area (Å²) in [7, 11) is 0. The fourth-order valence-corrected chi connectivity index (χ4v) is 1.80.